The molecule has 0 bridgehead atoms. The van der Waals surface area contributed by atoms with Crippen LogP contribution in [0.2, 0.25) is 0 Å². The zero-order chi connectivity index (χ0) is 8.97. The van der Waals surface area contributed by atoms with Gasteiger partial charge < -0.3 is 5.32 Å². The van der Waals surface area contributed by atoms with Gasteiger partial charge in [-0.3, -0.25) is 4.79 Å². The number of amides is 1. The van der Waals surface area contributed by atoms with E-state index >= 15 is 0 Å². The number of hydrogen-bond acceptors (Lipinski definition) is 1. The third-order valence-corrected chi connectivity index (χ3v) is 1.66. The molecule has 0 aliphatic carbocycles. The van der Waals surface area contributed by atoms with Crippen LogP contribution >= 0.6 is 0 Å². The van der Waals surface area contributed by atoms with E-state index in [1.165, 1.54) is 12.5 Å². The molecule has 12 heavy (non-hydrogen) atoms. The molecule has 2 nitrogen and oxygen atoms in total. The van der Waals surface area contributed by atoms with Gasteiger partial charge in [0.2, 0.25) is 5.91 Å². The van der Waals surface area contributed by atoms with Crippen molar-refractivity contribution in [2.45, 2.75) is 20.4 Å². The van der Waals surface area contributed by atoms with Gasteiger partial charge in [0.05, 0.1) is 0 Å². The minimum atomic E-state index is 0. The molecule has 0 saturated heterocycles. The summed E-state index contributed by atoms with van der Waals surface area (Å²) in [6, 6.07) is 8.12. The van der Waals surface area contributed by atoms with E-state index in [-0.39, 0.29) is 7.33 Å². The summed E-state index contributed by atoms with van der Waals surface area (Å²) in [5.74, 6) is 0.00979. The molecule has 1 aromatic rings. The smallest absolute Gasteiger partial charge is 0.217 e. The first-order chi connectivity index (χ1) is 5.68. The van der Waals surface area contributed by atoms with Crippen molar-refractivity contribution in [1.82, 2.24) is 5.32 Å². The molecule has 1 aromatic carbocycles. The summed E-state index contributed by atoms with van der Waals surface area (Å²) in [6.45, 7) is 4.19. The van der Waals surface area contributed by atoms with E-state index in [2.05, 4.69) is 5.32 Å². The van der Waals surface area contributed by atoms with Crippen molar-refractivity contribution in [3.8, 4) is 0 Å². The molecule has 2 heteroatoms. The summed E-state index contributed by atoms with van der Waals surface area (Å²) < 4.78 is 0. The predicted octanol–water partition coefficient (Wildman–Crippen LogP) is 1.88. The quantitative estimate of drug-likeness (QED) is 0.712. The van der Waals surface area contributed by atoms with E-state index in [1.54, 1.807) is 0 Å². The molecule has 0 saturated carbocycles. The Bertz CT molecular complexity index is 269. The molecule has 0 atom stereocenters. The van der Waals surface area contributed by atoms with Crippen molar-refractivity contribution in [3.63, 3.8) is 0 Å². The lowest BCUT2D eigenvalue weighted by molar-refractivity contribution is -0.119. The molecule has 0 unspecified atom stereocenters. The van der Waals surface area contributed by atoms with Gasteiger partial charge in [-0.1, -0.05) is 29.8 Å². The van der Waals surface area contributed by atoms with Crippen LogP contribution < -0.4 is 5.32 Å². The lowest BCUT2D eigenvalue weighted by Gasteiger charge is -2.01. The molecule has 0 radical (unpaired) electrons. The Hall–Kier alpha value is -1.31. The second-order valence-corrected chi connectivity index (χ2v) is 2.90. The number of hydrogen-bond donors (Lipinski definition) is 1. The molecule has 0 fully saturated rings. The molecular weight excluding hydrogens is 150 g/mol. The Morgan fingerprint density at radius 3 is 2.50 bits per heavy atom. The topological polar surface area (TPSA) is 29.1 Å². The monoisotopic (exact) mass is 165 g/mol. The van der Waals surface area contributed by atoms with Gasteiger partial charge in [0.15, 0.2) is 0 Å². The van der Waals surface area contributed by atoms with Crippen molar-refractivity contribution in [2.24, 2.45) is 0 Å². The Morgan fingerprint density at radius 2 is 2.00 bits per heavy atom. The third-order valence-electron chi connectivity index (χ3n) is 1.66. The van der Waals surface area contributed by atoms with Gasteiger partial charge in [-0.25, -0.2) is 0 Å². The molecule has 1 N–H and O–H groups in total. The van der Waals surface area contributed by atoms with Crippen molar-refractivity contribution in [3.05, 3.63) is 35.4 Å². The molecule has 0 aromatic heterocycles. The van der Waals surface area contributed by atoms with E-state index in [0.29, 0.717) is 6.54 Å². The Labute approximate surface area is 74.1 Å². The normalized spacial score (nSPS) is 9.50. The highest BCUT2D eigenvalue weighted by Gasteiger charge is 1.92. The van der Waals surface area contributed by atoms with Gasteiger partial charge >= 0.3 is 0 Å². The predicted molar refractivity (Wildman–Crippen MR) is 50.8 cm³/mol. The van der Waals surface area contributed by atoms with Gasteiger partial charge in [-0.2, -0.15) is 0 Å². The van der Waals surface area contributed by atoms with Crippen molar-refractivity contribution >= 4 is 5.91 Å². The summed E-state index contributed by atoms with van der Waals surface area (Å²) in [5, 5.41) is 2.74. The van der Waals surface area contributed by atoms with Crippen LogP contribution in [0.15, 0.2) is 24.3 Å². The largest absolute Gasteiger partial charge is 0.352 e. The summed E-state index contributed by atoms with van der Waals surface area (Å²) in [6.07, 6.45) is 0. The Kier molecular flexibility index (Phi) is 2.86. The van der Waals surface area contributed by atoms with E-state index in [0.717, 1.165) is 5.56 Å². The van der Waals surface area contributed by atoms with E-state index in [4.69, 9.17) is 0 Å². The highest BCUT2D eigenvalue weighted by atomic mass is 16.1. The fraction of sp³-hybridized carbons (Fsp3) is 0.300. The zero-order valence-corrected chi connectivity index (χ0v) is 7.42. The fourth-order valence-corrected chi connectivity index (χ4v) is 0.932. The second kappa shape index (κ2) is 3.90. The fourth-order valence-electron chi connectivity index (χ4n) is 0.932. The summed E-state index contributed by atoms with van der Waals surface area (Å²) >= 11 is 0. The van der Waals surface area contributed by atoms with Crippen LogP contribution in [0.1, 0.15) is 19.5 Å². The molecule has 1 amide bonds. The van der Waals surface area contributed by atoms with Crippen molar-refractivity contribution in [1.29, 1.82) is 0 Å². The average Bonchev–Trinajstić information content (AvgIpc) is 2.03. The second-order valence-electron chi connectivity index (χ2n) is 2.90. The minimum absolute atomic E-state index is 0. The Morgan fingerprint density at radius 1 is 1.42 bits per heavy atom. The lowest BCUT2D eigenvalue weighted by atomic mass is 10.1. The average molecular weight is 165 g/mol. The number of carbonyl (C=O) groups excluding carboxylic acids is 1. The summed E-state index contributed by atoms with van der Waals surface area (Å²) in [4.78, 5) is 10.6. The van der Waals surface area contributed by atoms with Gasteiger partial charge in [0, 0.05) is 14.9 Å². The number of rotatable bonds is 2. The maximum absolute atomic E-state index is 10.6. The Balaban J connectivity index is 0.00000144. The molecular formula is C10H15NO. The van der Waals surface area contributed by atoms with Gasteiger partial charge in [-0.15, -0.1) is 0 Å². The van der Waals surface area contributed by atoms with Gasteiger partial charge in [0.1, 0.15) is 0 Å². The highest BCUT2D eigenvalue weighted by Crippen LogP contribution is 2.01. The van der Waals surface area contributed by atoms with Crippen LogP contribution in [-0.2, 0) is 11.3 Å². The lowest BCUT2D eigenvalue weighted by Crippen LogP contribution is -2.18. The van der Waals surface area contributed by atoms with Crippen LogP contribution in [0.3, 0.4) is 0 Å². The molecule has 0 aliphatic heterocycles. The number of carbonyl (C=O) groups is 1. The summed E-state index contributed by atoms with van der Waals surface area (Å²) in [5.41, 5.74) is 2.37. The van der Waals surface area contributed by atoms with E-state index < -0.39 is 0 Å². The summed E-state index contributed by atoms with van der Waals surface area (Å²) in [7, 11) is 0. The highest BCUT2D eigenvalue weighted by molar-refractivity contribution is 5.72. The van der Waals surface area contributed by atoms with Crippen molar-refractivity contribution < 1.29 is 6.22 Å². The van der Waals surface area contributed by atoms with Crippen molar-refractivity contribution in [2.75, 3.05) is 0 Å². The van der Waals surface area contributed by atoms with Gasteiger partial charge in [0.25, 0.3) is 0 Å². The van der Waals surface area contributed by atoms with Crippen LogP contribution in [0, 0.1) is 6.92 Å². The number of nitrogens with one attached hydrogen (secondary N) is 1. The zero-order valence-electron chi connectivity index (χ0n) is 7.42. The molecule has 0 spiro atoms. The van der Waals surface area contributed by atoms with E-state index in [1.807, 2.05) is 31.2 Å². The SMILES string of the molecule is CC(=O)NCc1ccc(C)cc1.[HH]. The first-order valence-electron chi connectivity index (χ1n) is 3.98. The first kappa shape index (κ1) is 8.78. The van der Waals surface area contributed by atoms with E-state index in [9.17, 15) is 4.79 Å². The maximum Gasteiger partial charge on any atom is 0.217 e. The van der Waals surface area contributed by atoms with Crippen LogP contribution in [0.5, 0.6) is 0 Å². The van der Waals surface area contributed by atoms with Gasteiger partial charge in [-0.05, 0) is 12.5 Å². The minimum Gasteiger partial charge on any atom is -0.352 e. The molecule has 0 aliphatic rings. The molecule has 0 heterocycles. The number of benzene rings is 1. The standard InChI is InChI=1S/C10H13NO.H2/c1-8-3-5-10(6-4-8)7-11-9(2)12;/h3-6H,7H2,1-2H3,(H,11,12);1H. The van der Waals surface area contributed by atoms with Crippen LogP contribution in [0.4, 0.5) is 0 Å². The van der Waals surface area contributed by atoms with Crippen LogP contribution in [-0.4, -0.2) is 5.91 Å². The third kappa shape index (κ3) is 2.74. The number of aryl methyl sites for hydroxylation is 1. The molecule has 1 rings (SSSR count). The van der Waals surface area contributed by atoms with Crippen LogP contribution in [0.25, 0.3) is 0 Å². The first-order valence-corrected chi connectivity index (χ1v) is 3.98. The maximum atomic E-state index is 10.6. The molecule has 66 valence electrons.